The number of nitrogens with one attached hydrogen (secondary N) is 1. The van der Waals surface area contributed by atoms with E-state index in [2.05, 4.69) is 41.4 Å². The summed E-state index contributed by atoms with van der Waals surface area (Å²) in [4.78, 5) is 29.3. The van der Waals surface area contributed by atoms with E-state index >= 15 is 0 Å². The molecular weight excluding hydrogens is 402 g/mol. The second kappa shape index (κ2) is 10.2. The van der Waals surface area contributed by atoms with Gasteiger partial charge in [-0.3, -0.25) is 14.5 Å². The molecule has 0 spiro atoms. The fourth-order valence-corrected chi connectivity index (χ4v) is 4.47. The number of piperidine rings is 1. The average Bonchev–Trinajstić information content (AvgIpc) is 3.21. The van der Waals surface area contributed by atoms with Crippen LogP contribution in [-0.2, 0) is 22.7 Å². The average molecular weight is 436 g/mol. The first-order valence-corrected chi connectivity index (χ1v) is 11.5. The minimum absolute atomic E-state index is 0.0215. The van der Waals surface area contributed by atoms with Gasteiger partial charge in [0.25, 0.3) is 0 Å². The molecule has 0 aromatic heterocycles. The number of hydrogen-bond acceptors (Lipinski definition) is 4. The maximum atomic E-state index is 12.7. The molecule has 1 atom stereocenters. The Kier molecular flexibility index (Phi) is 7.10. The molecule has 0 radical (unpaired) electrons. The Hall–Kier alpha value is -2.86. The summed E-state index contributed by atoms with van der Waals surface area (Å²) >= 11 is 0. The van der Waals surface area contributed by atoms with Crippen LogP contribution in [0.2, 0.25) is 0 Å². The Morgan fingerprint density at radius 2 is 1.69 bits per heavy atom. The monoisotopic (exact) mass is 435 g/mol. The Labute approximate surface area is 190 Å². The third-order valence-corrected chi connectivity index (χ3v) is 6.65. The molecule has 4 rings (SSSR count). The van der Waals surface area contributed by atoms with Gasteiger partial charge in [-0.1, -0.05) is 31.2 Å². The van der Waals surface area contributed by atoms with Crippen LogP contribution in [0.15, 0.2) is 48.5 Å². The van der Waals surface area contributed by atoms with Gasteiger partial charge in [0.05, 0.1) is 13.0 Å². The van der Waals surface area contributed by atoms with E-state index in [0.717, 1.165) is 29.5 Å². The molecule has 0 saturated carbocycles. The Morgan fingerprint density at radius 3 is 2.34 bits per heavy atom. The van der Waals surface area contributed by atoms with Gasteiger partial charge in [0.1, 0.15) is 5.75 Å². The van der Waals surface area contributed by atoms with Crippen molar-refractivity contribution in [3.8, 4) is 5.75 Å². The number of ether oxygens (including phenoxy) is 1. The number of carbonyl (C=O) groups is 2. The molecule has 2 amide bonds. The normalized spacial score (nSPS) is 19.9. The number of nitrogens with zero attached hydrogens (tertiary/aromatic N) is 2. The Morgan fingerprint density at radius 1 is 1.03 bits per heavy atom. The zero-order valence-electron chi connectivity index (χ0n) is 19.0. The highest BCUT2D eigenvalue weighted by Crippen LogP contribution is 2.27. The molecular formula is C26H33N3O3. The molecule has 2 aromatic rings. The lowest BCUT2D eigenvalue weighted by atomic mass is 9.99. The lowest BCUT2D eigenvalue weighted by molar-refractivity contribution is -0.126. The van der Waals surface area contributed by atoms with Crippen molar-refractivity contribution in [3.63, 3.8) is 0 Å². The summed E-state index contributed by atoms with van der Waals surface area (Å²) < 4.78 is 5.17. The van der Waals surface area contributed by atoms with Crippen LogP contribution in [0.5, 0.6) is 5.75 Å². The first-order chi connectivity index (χ1) is 15.5. The van der Waals surface area contributed by atoms with Crippen molar-refractivity contribution in [2.24, 2.45) is 11.8 Å². The maximum Gasteiger partial charge on any atom is 0.227 e. The molecule has 32 heavy (non-hydrogen) atoms. The van der Waals surface area contributed by atoms with Gasteiger partial charge in [0.15, 0.2) is 0 Å². The summed E-state index contributed by atoms with van der Waals surface area (Å²) in [6, 6.07) is 15.8. The predicted molar refractivity (Wildman–Crippen MR) is 125 cm³/mol. The quantitative estimate of drug-likeness (QED) is 0.722. The van der Waals surface area contributed by atoms with Crippen molar-refractivity contribution in [3.05, 3.63) is 59.7 Å². The Bertz CT molecular complexity index is 918. The minimum atomic E-state index is -0.328. The van der Waals surface area contributed by atoms with E-state index in [1.807, 2.05) is 24.3 Å². The van der Waals surface area contributed by atoms with Crippen molar-refractivity contribution in [2.75, 3.05) is 31.6 Å². The SMILES string of the molecule is COc1ccc(N2CC(C(=O)NCc3ccc(CN4CCC(C)CC4)cc3)CC2=O)cc1. The van der Waals surface area contributed by atoms with Gasteiger partial charge in [-0.25, -0.2) is 0 Å². The summed E-state index contributed by atoms with van der Waals surface area (Å²) in [7, 11) is 1.61. The zero-order valence-corrected chi connectivity index (χ0v) is 19.0. The number of methoxy groups -OCH3 is 1. The van der Waals surface area contributed by atoms with Crippen LogP contribution in [0.4, 0.5) is 5.69 Å². The van der Waals surface area contributed by atoms with E-state index in [9.17, 15) is 9.59 Å². The second-order valence-electron chi connectivity index (χ2n) is 9.10. The fraction of sp³-hybridized carbons (Fsp3) is 0.462. The Balaban J connectivity index is 1.25. The van der Waals surface area contributed by atoms with E-state index in [0.29, 0.717) is 13.1 Å². The van der Waals surface area contributed by atoms with Gasteiger partial charge in [0.2, 0.25) is 11.8 Å². The van der Waals surface area contributed by atoms with E-state index in [4.69, 9.17) is 4.74 Å². The van der Waals surface area contributed by atoms with Crippen LogP contribution in [0.25, 0.3) is 0 Å². The summed E-state index contributed by atoms with van der Waals surface area (Å²) in [5.41, 5.74) is 3.18. The van der Waals surface area contributed by atoms with E-state index in [1.54, 1.807) is 12.0 Å². The summed E-state index contributed by atoms with van der Waals surface area (Å²) in [5, 5.41) is 3.01. The highest BCUT2D eigenvalue weighted by atomic mass is 16.5. The highest BCUT2D eigenvalue weighted by Gasteiger charge is 2.35. The summed E-state index contributed by atoms with van der Waals surface area (Å²) in [6.07, 6.45) is 2.80. The number of hydrogen-bond donors (Lipinski definition) is 1. The topological polar surface area (TPSA) is 61.9 Å². The molecule has 6 heteroatoms. The molecule has 2 aliphatic heterocycles. The van der Waals surface area contributed by atoms with Gasteiger partial charge in [-0.2, -0.15) is 0 Å². The van der Waals surface area contributed by atoms with Crippen molar-refractivity contribution in [1.82, 2.24) is 10.2 Å². The van der Waals surface area contributed by atoms with Gasteiger partial charge in [-0.05, 0) is 67.2 Å². The molecule has 2 heterocycles. The molecule has 170 valence electrons. The van der Waals surface area contributed by atoms with Crippen LogP contribution < -0.4 is 15.0 Å². The molecule has 2 aliphatic rings. The second-order valence-corrected chi connectivity index (χ2v) is 9.10. The molecule has 2 aromatic carbocycles. The van der Waals surface area contributed by atoms with Crippen LogP contribution in [0, 0.1) is 11.8 Å². The summed E-state index contributed by atoms with van der Waals surface area (Å²) in [5.74, 6) is 1.17. The van der Waals surface area contributed by atoms with Gasteiger partial charge in [-0.15, -0.1) is 0 Å². The summed E-state index contributed by atoms with van der Waals surface area (Å²) in [6.45, 7) is 6.56. The van der Waals surface area contributed by atoms with Gasteiger partial charge >= 0.3 is 0 Å². The minimum Gasteiger partial charge on any atom is -0.497 e. The van der Waals surface area contributed by atoms with Crippen molar-refractivity contribution >= 4 is 17.5 Å². The number of amides is 2. The molecule has 2 fully saturated rings. The third kappa shape index (κ3) is 5.49. The number of benzene rings is 2. The predicted octanol–water partition coefficient (Wildman–Crippen LogP) is 3.60. The van der Waals surface area contributed by atoms with Crippen molar-refractivity contribution < 1.29 is 14.3 Å². The third-order valence-electron chi connectivity index (χ3n) is 6.65. The van der Waals surface area contributed by atoms with E-state index in [-0.39, 0.29) is 24.2 Å². The van der Waals surface area contributed by atoms with E-state index in [1.165, 1.54) is 31.5 Å². The largest absolute Gasteiger partial charge is 0.497 e. The smallest absolute Gasteiger partial charge is 0.227 e. The number of anilines is 1. The highest BCUT2D eigenvalue weighted by molar-refractivity contribution is 6.00. The fourth-order valence-electron chi connectivity index (χ4n) is 4.47. The van der Waals surface area contributed by atoms with Crippen LogP contribution in [0.1, 0.15) is 37.3 Å². The standard InChI is InChI=1S/C26H33N3O3/c1-19-11-13-28(14-12-19)17-21-5-3-20(4-6-21)16-27-26(31)22-15-25(30)29(18-22)23-7-9-24(32-2)10-8-23/h3-10,19,22H,11-18H2,1-2H3,(H,27,31). The van der Waals surface area contributed by atoms with Gasteiger partial charge < -0.3 is 15.0 Å². The van der Waals surface area contributed by atoms with Crippen LogP contribution >= 0.6 is 0 Å². The van der Waals surface area contributed by atoms with Gasteiger partial charge in [0, 0.05) is 31.7 Å². The zero-order chi connectivity index (χ0) is 22.5. The number of rotatable bonds is 7. The number of carbonyl (C=O) groups excluding carboxylic acids is 2. The molecule has 0 bridgehead atoms. The molecule has 1 N–H and O–H groups in total. The van der Waals surface area contributed by atoms with Crippen molar-refractivity contribution in [2.45, 2.75) is 39.3 Å². The first kappa shape index (κ1) is 22.3. The van der Waals surface area contributed by atoms with E-state index < -0.39 is 0 Å². The molecule has 2 saturated heterocycles. The first-order valence-electron chi connectivity index (χ1n) is 11.5. The lowest BCUT2D eigenvalue weighted by Gasteiger charge is -2.30. The van der Waals surface area contributed by atoms with Crippen molar-refractivity contribution in [1.29, 1.82) is 0 Å². The molecule has 6 nitrogen and oxygen atoms in total. The van der Waals surface area contributed by atoms with Crippen LogP contribution in [0.3, 0.4) is 0 Å². The molecule has 1 unspecified atom stereocenters. The van der Waals surface area contributed by atoms with Crippen LogP contribution in [-0.4, -0.2) is 43.5 Å². The lowest BCUT2D eigenvalue weighted by Crippen LogP contribution is -2.32. The number of likely N-dealkylation sites (tertiary alicyclic amines) is 1. The molecule has 0 aliphatic carbocycles. The maximum absolute atomic E-state index is 12.7.